The maximum atomic E-state index is 11.8. The molecule has 0 amide bonds. The molecule has 0 aliphatic carbocycles. The molecular weight excluding hydrogens is 236 g/mol. The van der Waals surface area contributed by atoms with Crippen molar-refractivity contribution in [2.75, 3.05) is 14.2 Å². The van der Waals surface area contributed by atoms with Crippen molar-refractivity contribution >= 4 is 11.9 Å². The van der Waals surface area contributed by atoms with E-state index < -0.39 is 23.6 Å². The van der Waals surface area contributed by atoms with Gasteiger partial charge in [-0.25, -0.2) is 9.59 Å². The predicted octanol–water partition coefficient (Wildman–Crippen LogP) is 0.713. The first-order valence-corrected chi connectivity index (χ1v) is 5.52. The zero-order valence-corrected chi connectivity index (χ0v) is 10.2. The number of esters is 2. The van der Waals surface area contributed by atoms with Gasteiger partial charge in [0.1, 0.15) is 0 Å². The highest BCUT2D eigenvalue weighted by Crippen LogP contribution is 2.41. The van der Waals surface area contributed by atoms with Gasteiger partial charge >= 0.3 is 11.9 Å². The lowest BCUT2D eigenvalue weighted by molar-refractivity contribution is -0.148. The second-order valence-corrected chi connectivity index (χ2v) is 4.06. The summed E-state index contributed by atoms with van der Waals surface area (Å²) >= 11 is 0. The summed E-state index contributed by atoms with van der Waals surface area (Å²) in [6.07, 6.45) is -0.588. The van der Waals surface area contributed by atoms with Crippen LogP contribution in [0.25, 0.3) is 0 Å². The van der Waals surface area contributed by atoms with Crippen molar-refractivity contribution in [2.45, 2.75) is 18.1 Å². The first kappa shape index (κ1) is 12.6. The number of benzene rings is 1. The Hall–Kier alpha value is -1.88. The standard InChI is InChI=1S/C13H14O5/c1-16-11(14)10-13(18-10,12(15)17-2)8-9-6-4-3-5-7-9/h3-7,10H,8H2,1-2H3/t10-,13-/m0/s1. The van der Waals surface area contributed by atoms with E-state index in [1.54, 1.807) is 0 Å². The summed E-state index contributed by atoms with van der Waals surface area (Å²) in [5.41, 5.74) is -0.335. The molecule has 0 bridgehead atoms. The number of rotatable bonds is 4. The van der Waals surface area contributed by atoms with Crippen LogP contribution in [0.5, 0.6) is 0 Å². The van der Waals surface area contributed by atoms with Crippen LogP contribution in [0, 0.1) is 0 Å². The van der Waals surface area contributed by atoms with Crippen molar-refractivity contribution < 1.29 is 23.8 Å². The van der Waals surface area contributed by atoms with Crippen LogP contribution in [-0.4, -0.2) is 37.9 Å². The van der Waals surface area contributed by atoms with Gasteiger partial charge in [-0.2, -0.15) is 0 Å². The van der Waals surface area contributed by atoms with Crippen LogP contribution in [0.1, 0.15) is 5.56 Å². The molecular formula is C13H14O5. The van der Waals surface area contributed by atoms with Crippen molar-refractivity contribution in [3.05, 3.63) is 35.9 Å². The molecule has 0 aromatic heterocycles. The van der Waals surface area contributed by atoms with Gasteiger partial charge in [0.15, 0.2) is 6.10 Å². The van der Waals surface area contributed by atoms with Crippen LogP contribution in [0.2, 0.25) is 0 Å². The van der Waals surface area contributed by atoms with Crippen molar-refractivity contribution in [3.8, 4) is 0 Å². The third kappa shape index (κ3) is 2.09. The van der Waals surface area contributed by atoms with Crippen LogP contribution in [-0.2, 0) is 30.2 Å². The summed E-state index contributed by atoms with van der Waals surface area (Å²) in [5, 5.41) is 0. The average molecular weight is 250 g/mol. The third-order valence-corrected chi connectivity index (χ3v) is 2.95. The molecule has 0 N–H and O–H groups in total. The van der Waals surface area contributed by atoms with E-state index in [0.29, 0.717) is 6.42 Å². The van der Waals surface area contributed by atoms with Gasteiger partial charge in [-0.1, -0.05) is 30.3 Å². The fourth-order valence-electron chi connectivity index (χ4n) is 1.96. The molecule has 5 heteroatoms. The minimum atomic E-state index is -1.23. The summed E-state index contributed by atoms with van der Waals surface area (Å²) in [5.74, 6) is -1.11. The molecule has 1 saturated heterocycles. The van der Waals surface area contributed by atoms with E-state index in [1.165, 1.54) is 14.2 Å². The van der Waals surface area contributed by atoms with E-state index >= 15 is 0 Å². The van der Waals surface area contributed by atoms with Crippen LogP contribution in [0.4, 0.5) is 0 Å². The van der Waals surface area contributed by atoms with Crippen LogP contribution in [0.15, 0.2) is 30.3 Å². The smallest absolute Gasteiger partial charge is 0.341 e. The topological polar surface area (TPSA) is 65.1 Å². The molecule has 1 aromatic carbocycles. The molecule has 1 aliphatic rings. The molecule has 1 aromatic rings. The fraction of sp³-hybridized carbons (Fsp3) is 0.385. The summed E-state index contributed by atoms with van der Waals surface area (Å²) in [6, 6.07) is 9.31. The number of hydrogen-bond donors (Lipinski definition) is 0. The maximum absolute atomic E-state index is 11.8. The van der Waals surface area contributed by atoms with E-state index in [4.69, 9.17) is 9.47 Å². The molecule has 1 fully saturated rings. The first-order chi connectivity index (χ1) is 8.64. The molecule has 5 nitrogen and oxygen atoms in total. The second kappa shape index (κ2) is 4.78. The van der Waals surface area contributed by atoms with Crippen LogP contribution >= 0.6 is 0 Å². The first-order valence-electron chi connectivity index (χ1n) is 5.52. The van der Waals surface area contributed by atoms with Crippen LogP contribution < -0.4 is 0 Å². The van der Waals surface area contributed by atoms with Crippen molar-refractivity contribution in [2.24, 2.45) is 0 Å². The lowest BCUT2D eigenvalue weighted by Gasteiger charge is -2.10. The number of hydrogen-bond acceptors (Lipinski definition) is 5. The molecule has 0 saturated carbocycles. The highest BCUT2D eigenvalue weighted by Gasteiger charge is 2.68. The third-order valence-electron chi connectivity index (χ3n) is 2.95. The van der Waals surface area contributed by atoms with E-state index in [9.17, 15) is 9.59 Å². The Bertz CT molecular complexity index is 456. The van der Waals surface area contributed by atoms with E-state index in [-0.39, 0.29) is 0 Å². The zero-order valence-electron chi connectivity index (χ0n) is 10.2. The number of epoxide rings is 1. The fourth-order valence-corrected chi connectivity index (χ4v) is 1.96. The van der Waals surface area contributed by atoms with Gasteiger partial charge in [-0.15, -0.1) is 0 Å². The number of carbonyl (C=O) groups is 2. The number of ether oxygens (including phenoxy) is 3. The van der Waals surface area contributed by atoms with Gasteiger partial charge in [-0.05, 0) is 5.56 Å². The van der Waals surface area contributed by atoms with Gasteiger partial charge < -0.3 is 14.2 Å². The van der Waals surface area contributed by atoms with Gasteiger partial charge in [-0.3, -0.25) is 0 Å². The number of methoxy groups -OCH3 is 2. The quantitative estimate of drug-likeness (QED) is 0.581. The summed E-state index contributed by atoms with van der Waals surface area (Å²) < 4.78 is 14.6. The molecule has 1 heterocycles. The Morgan fingerprint density at radius 2 is 1.89 bits per heavy atom. The minimum absolute atomic E-state index is 0.292. The van der Waals surface area contributed by atoms with Gasteiger partial charge in [0, 0.05) is 6.42 Å². The minimum Gasteiger partial charge on any atom is -0.467 e. The summed E-state index contributed by atoms with van der Waals surface area (Å²) in [4.78, 5) is 23.2. The van der Waals surface area contributed by atoms with Crippen LogP contribution in [0.3, 0.4) is 0 Å². The van der Waals surface area contributed by atoms with Gasteiger partial charge in [0.2, 0.25) is 5.60 Å². The highest BCUT2D eigenvalue weighted by molar-refractivity contribution is 5.94. The summed E-state index contributed by atoms with van der Waals surface area (Å²) in [6.45, 7) is 0. The molecule has 2 rings (SSSR count). The van der Waals surface area contributed by atoms with Crippen molar-refractivity contribution in [3.63, 3.8) is 0 Å². The Kier molecular flexibility index (Phi) is 3.34. The lowest BCUT2D eigenvalue weighted by Crippen LogP contribution is -2.34. The predicted molar refractivity (Wildman–Crippen MR) is 61.8 cm³/mol. The molecule has 1 aliphatic heterocycles. The summed E-state index contributed by atoms with van der Waals surface area (Å²) in [7, 11) is 2.53. The Labute approximate surface area is 105 Å². The maximum Gasteiger partial charge on any atom is 0.341 e. The molecule has 18 heavy (non-hydrogen) atoms. The van der Waals surface area contributed by atoms with E-state index in [1.807, 2.05) is 30.3 Å². The van der Waals surface area contributed by atoms with Crippen molar-refractivity contribution in [1.82, 2.24) is 0 Å². The molecule has 0 radical (unpaired) electrons. The normalized spacial score (nSPS) is 25.3. The Morgan fingerprint density at radius 3 is 2.44 bits per heavy atom. The Balaban J connectivity index is 2.19. The molecule has 0 unspecified atom stereocenters. The largest absolute Gasteiger partial charge is 0.467 e. The molecule has 2 atom stereocenters. The van der Waals surface area contributed by atoms with Gasteiger partial charge in [0.05, 0.1) is 14.2 Å². The zero-order chi connectivity index (χ0) is 13.2. The van der Waals surface area contributed by atoms with E-state index in [0.717, 1.165) is 5.56 Å². The van der Waals surface area contributed by atoms with E-state index in [2.05, 4.69) is 4.74 Å². The number of carbonyl (C=O) groups excluding carboxylic acids is 2. The highest BCUT2D eigenvalue weighted by atomic mass is 16.7. The molecule has 96 valence electrons. The Morgan fingerprint density at radius 1 is 1.22 bits per heavy atom. The monoisotopic (exact) mass is 250 g/mol. The van der Waals surface area contributed by atoms with Gasteiger partial charge in [0.25, 0.3) is 0 Å². The lowest BCUT2D eigenvalue weighted by atomic mass is 9.96. The second-order valence-electron chi connectivity index (χ2n) is 4.06. The molecule has 0 spiro atoms. The van der Waals surface area contributed by atoms with Crippen molar-refractivity contribution in [1.29, 1.82) is 0 Å². The average Bonchev–Trinajstić information content (AvgIpc) is 3.13. The SMILES string of the molecule is COC(=O)[C@@H]1O[C@]1(Cc1ccccc1)C(=O)OC.